The van der Waals surface area contributed by atoms with Gasteiger partial charge in [0.1, 0.15) is 0 Å². The van der Waals surface area contributed by atoms with Gasteiger partial charge in [0.15, 0.2) is 0 Å². The average molecular weight is 666 g/mol. The number of aliphatic carboxylic acids is 1. The van der Waals surface area contributed by atoms with E-state index in [4.69, 9.17) is 43.0 Å². The molecule has 0 heterocycles. The van der Waals surface area contributed by atoms with Gasteiger partial charge in [0, 0.05) is 26.2 Å². The Hall–Kier alpha value is -1.38. The lowest BCUT2D eigenvalue weighted by atomic mass is 10.1. The molecule has 0 aromatic carbocycles. The summed E-state index contributed by atoms with van der Waals surface area (Å²) in [6, 6.07) is 0. The van der Waals surface area contributed by atoms with E-state index < -0.39 is 5.97 Å². The highest BCUT2D eigenvalue weighted by Crippen LogP contribution is 2.11. The van der Waals surface area contributed by atoms with Crippen LogP contribution in [0.15, 0.2) is 0 Å². The molecule has 12 heteroatoms. The molecule has 0 saturated carbocycles. The molecule has 0 saturated heterocycles. The Morgan fingerprint density at radius 3 is 1.07 bits per heavy atom. The first-order valence-corrected chi connectivity index (χ1v) is 17.8. The van der Waals surface area contributed by atoms with Crippen molar-refractivity contribution < 1.29 is 52.6 Å². The minimum atomic E-state index is -0.977. The van der Waals surface area contributed by atoms with Crippen LogP contribution in [0, 0.1) is 0 Å². The smallest absolute Gasteiger partial charge is 0.303 e. The second-order valence-corrected chi connectivity index (χ2v) is 11.0. The van der Waals surface area contributed by atoms with Gasteiger partial charge in [-0.15, -0.1) is 0 Å². The van der Waals surface area contributed by atoms with Crippen LogP contribution >= 0.6 is 0 Å². The molecule has 0 aromatic heterocycles. The number of unbranched alkanes of at least 4 members (excludes halogenated alkanes) is 10. The molecular formula is C34H67NO11. The van der Waals surface area contributed by atoms with Crippen molar-refractivity contribution in [2.75, 3.05) is 112 Å². The Bertz CT molecular complexity index is 628. The molecule has 0 spiro atoms. The van der Waals surface area contributed by atoms with E-state index in [1.54, 1.807) is 0 Å². The van der Waals surface area contributed by atoms with Gasteiger partial charge in [-0.2, -0.15) is 0 Å². The highest BCUT2D eigenvalue weighted by atomic mass is 16.6. The molecule has 0 rings (SSSR count). The third-order valence-electron chi connectivity index (χ3n) is 6.85. The van der Waals surface area contributed by atoms with Crippen LogP contribution in [0.25, 0.3) is 0 Å². The Labute approximate surface area is 278 Å². The van der Waals surface area contributed by atoms with Crippen LogP contribution in [0.2, 0.25) is 0 Å². The summed E-state index contributed by atoms with van der Waals surface area (Å²) in [5.74, 6) is -1.24. The summed E-state index contributed by atoms with van der Waals surface area (Å²) in [6.07, 6.45) is 15.3. The van der Waals surface area contributed by atoms with Gasteiger partial charge in [0.2, 0.25) is 5.91 Å². The fraction of sp³-hybridized carbons (Fsp3) is 0.941. The number of nitrogens with one attached hydrogen (secondary N) is 1. The highest BCUT2D eigenvalue weighted by molar-refractivity contribution is 5.80. The van der Waals surface area contributed by atoms with E-state index in [2.05, 4.69) is 12.2 Å². The van der Waals surface area contributed by atoms with E-state index in [0.717, 1.165) is 13.0 Å². The number of carbonyl (C=O) groups excluding carboxylic acids is 1. The molecule has 1 amide bonds. The van der Waals surface area contributed by atoms with Crippen LogP contribution in [-0.4, -0.2) is 129 Å². The molecule has 0 aliphatic carbocycles. The van der Waals surface area contributed by atoms with Crippen LogP contribution in [0.1, 0.15) is 96.8 Å². The van der Waals surface area contributed by atoms with E-state index in [0.29, 0.717) is 112 Å². The normalized spacial score (nSPS) is 11.3. The lowest BCUT2D eigenvalue weighted by molar-refractivity contribution is -0.138. The number of ether oxygens (including phenoxy) is 8. The van der Waals surface area contributed by atoms with Gasteiger partial charge >= 0.3 is 5.97 Å². The molecule has 0 aliphatic heterocycles. The molecule has 0 aliphatic rings. The van der Waals surface area contributed by atoms with Gasteiger partial charge in [-0.1, -0.05) is 71.1 Å². The fourth-order valence-corrected chi connectivity index (χ4v) is 4.22. The third kappa shape index (κ3) is 40.6. The Kier molecular flexibility index (Phi) is 38.6. The van der Waals surface area contributed by atoms with Crippen molar-refractivity contribution in [3.05, 3.63) is 0 Å². The largest absolute Gasteiger partial charge is 0.481 e. The number of amides is 1. The summed E-state index contributed by atoms with van der Waals surface area (Å²) in [6.45, 7) is 11.3. The van der Waals surface area contributed by atoms with Crippen molar-refractivity contribution >= 4 is 11.9 Å². The minimum Gasteiger partial charge on any atom is -0.481 e. The number of hydrogen-bond donors (Lipinski definition) is 2. The molecule has 12 nitrogen and oxygen atoms in total. The first kappa shape index (κ1) is 44.6. The second-order valence-electron chi connectivity index (χ2n) is 11.0. The lowest BCUT2D eigenvalue weighted by Gasteiger charge is -2.09. The molecule has 0 bridgehead atoms. The van der Waals surface area contributed by atoms with Crippen LogP contribution < -0.4 is 5.32 Å². The summed E-state index contributed by atoms with van der Waals surface area (Å²) in [4.78, 5) is 21.8. The number of rotatable bonds is 40. The van der Waals surface area contributed by atoms with Crippen molar-refractivity contribution in [1.82, 2.24) is 5.32 Å². The molecular weight excluding hydrogens is 598 g/mol. The zero-order chi connectivity index (χ0) is 33.4. The molecule has 0 fully saturated rings. The van der Waals surface area contributed by atoms with Crippen LogP contribution in [0.3, 0.4) is 0 Å². The van der Waals surface area contributed by atoms with E-state index in [1.165, 1.54) is 64.2 Å². The monoisotopic (exact) mass is 665 g/mol. The predicted octanol–water partition coefficient (Wildman–Crippen LogP) is 4.80. The van der Waals surface area contributed by atoms with Crippen LogP contribution in [-0.2, 0) is 47.5 Å². The van der Waals surface area contributed by atoms with E-state index in [9.17, 15) is 9.59 Å². The molecule has 0 unspecified atom stereocenters. The number of carboxylic acid groups (broad SMARTS) is 1. The predicted molar refractivity (Wildman–Crippen MR) is 178 cm³/mol. The molecule has 46 heavy (non-hydrogen) atoms. The standard InChI is InChI=1S/C34H67NO11/c1-2-3-4-5-6-7-8-9-10-11-12-17-39-19-21-41-23-25-43-27-29-45-31-32-46-30-28-44-26-24-42-22-20-40-18-13-16-35-33(36)14-15-34(37)38/h2-32H2,1H3,(H,35,36)(H,37,38). The molecule has 0 aromatic rings. The second kappa shape index (κ2) is 39.8. The van der Waals surface area contributed by atoms with Crippen molar-refractivity contribution in [2.45, 2.75) is 96.8 Å². The zero-order valence-electron chi connectivity index (χ0n) is 29.0. The van der Waals surface area contributed by atoms with Gasteiger partial charge in [0.05, 0.1) is 98.9 Å². The van der Waals surface area contributed by atoms with Crippen molar-refractivity contribution in [1.29, 1.82) is 0 Å². The van der Waals surface area contributed by atoms with Gasteiger partial charge < -0.3 is 48.3 Å². The molecule has 274 valence electrons. The quantitative estimate of drug-likeness (QED) is 0.0873. The Morgan fingerprint density at radius 1 is 0.413 bits per heavy atom. The number of hydrogen-bond acceptors (Lipinski definition) is 10. The summed E-state index contributed by atoms with van der Waals surface area (Å²) in [5, 5.41) is 11.2. The maximum atomic E-state index is 11.4. The zero-order valence-corrected chi connectivity index (χ0v) is 29.0. The van der Waals surface area contributed by atoms with E-state index in [-0.39, 0.29) is 18.7 Å². The van der Waals surface area contributed by atoms with Crippen molar-refractivity contribution in [3.63, 3.8) is 0 Å². The van der Waals surface area contributed by atoms with Crippen molar-refractivity contribution in [2.24, 2.45) is 0 Å². The Balaban J connectivity index is 3.08. The Morgan fingerprint density at radius 2 is 0.717 bits per heavy atom. The molecule has 0 radical (unpaired) electrons. The summed E-state index contributed by atoms with van der Waals surface area (Å²) < 4.78 is 44.0. The van der Waals surface area contributed by atoms with Crippen LogP contribution in [0.4, 0.5) is 0 Å². The first-order valence-electron chi connectivity index (χ1n) is 17.8. The summed E-state index contributed by atoms with van der Waals surface area (Å²) in [7, 11) is 0. The van der Waals surface area contributed by atoms with Gasteiger partial charge in [-0.3, -0.25) is 9.59 Å². The number of carboxylic acids is 1. The minimum absolute atomic E-state index is 0.00359. The van der Waals surface area contributed by atoms with Gasteiger partial charge in [-0.05, 0) is 12.8 Å². The van der Waals surface area contributed by atoms with E-state index in [1.807, 2.05) is 0 Å². The summed E-state index contributed by atoms with van der Waals surface area (Å²) in [5.41, 5.74) is 0. The first-order chi connectivity index (χ1) is 22.7. The lowest BCUT2D eigenvalue weighted by Crippen LogP contribution is -2.25. The number of carbonyl (C=O) groups is 2. The molecule has 2 N–H and O–H groups in total. The van der Waals surface area contributed by atoms with Crippen LogP contribution in [0.5, 0.6) is 0 Å². The van der Waals surface area contributed by atoms with Gasteiger partial charge in [-0.25, -0.2) is 0 Å². The molecule has 0 atom stereocenters. The SMILES string of the molecule is CCCCCCCCCCCCCOCCOCCOCCOCCOCCOCCOCCOCCCNC(=O)CCC(=O)O. The summed E-state index contributed by atoms with van der Waals surface area (Å²) >= 11 is 0. The average Bonchev–Trinajstić information content (AvgIpc) is 3.05. The van der Waals surface area contributed by atoms with Gasteiger partial charge in [0.25, 0.3) is 0 Å². The fourth-order valence-electron chi connectivity index (χ4n) is 4.22. The van der Waals surface area contributed by atoms with Crippen molar-refractivity contribution in [3.8, 4) is 0 Å². The van der Waals surface area contributed by atoms with E-state index >= 15 is 0 Å². The topological polar surface area (TPSA) is 140 Å². The third-order valence-corrected chi connectivity index (χ3v) is 6.85. The highest BCUT2D eigenvalue weighted by Gasteiger charge is 2.04. The maximum Gasteiger partial charge on any atom is 0.303 e. The maximum absolute atomic E-state index is 11.4.